The van der Waals surface area contributed by atoms with Crippen LogP contribution in [0.15, 0.2) is 47.1 Å². The van der Waals surface area contributed by atoms with Crippen LogP contribution >= 0.6 is 15.9 Å². The first-order valence-electron chi connectivity index (χ1n) is 12.7. The average Bonchev–Trinajstić information content (AvgIpc) is 2.81. The third kappa shape index (κ3) is 4.07. The Morgan fingerprint density at radius 3 is 2.22 bits per heavy atom. The molecule has 0 spiro atoms. The number of alkyl halides is 4. The van der Waals surface area contributed by atoms with Crippen molar-refractivity contribution in [3.8, 4) is 0 Å². The van der Waals surface area contributed by atoms with Crippen LogP contribution in [0.25, 0.3) is 0 Å². The molecule has 1 heterocycles. The molecule has 1 aromatic carbocycles. The number of benzene rings is 1. The zero-order valence-corrected chi connectivity index (χ0v) is 21.6. The molecule has 6 fully saturated rings. The Hall–Kier alpha value is -1.96. The number of carbonyl (C=O) groups is 1. The fourth-order valence-electron chi connectivity index (χ4n) is 7.55. The van der Waals surface area contributed by atoms with Gasteiger partial charge in [0, 0.05) is 40.4 Å². The molecule has 192 valence electrons. The van der Waals surface area contributed by atoms with Crippen molar-refractivity contribution in [3.05, 3.63) is 58.3 Å². The van der Waals surface area contributed by atoms with Gasteiger partial charge in [-0.3, -0.25) is 9.78 Å². The first-order valence-corrected chi connectivity index (χ1v) is 13.5. The third-order valence-electron chi connectivity index (χ3n) is 9.55. The van der Waals surface area contributed by atoms with Crippen molar-refractivity contribution in [1.82, 2.24) is 4.98 Å². The maximum atomic E-state index is 14.1. The maximum absolute atomic E-state index is 14.1. The van der Waals surface area contributed by atoms with Crippen molar-refractivity contribution >= 4 is 27.5 Å². The lowest BCUT2D eigenvalue weighted by Gasteiger charge is -2.66. The zero-order valence-electron chi connectivity index (χ0n) is 20.0. The Morgan fingerprint density at radius 2 is 1.64 bits per heavy atom. The Kier molecular flexibility index (Phi) is 5.43. The van der Waals surface area contributed by atoms with E-state index in [1.165, 1.54) is 12.3 Å². The van der Waals surface area contributed by atoms with E-state index in [4.69, 9.17) is 0 Å². The normalized spacial score (nSPS) is 34.6. The molecule has 36 heavy (non-hydrogen) atoms. The Bertz CT molecular complexity index is 1170. The van der Waals surface area contributed by atoms with Crippen molar-refractivity contribution in [2.45, 2.75) is 81.5 Å². The standard InChI is InChI=1S/C28H29BrF4N2O/c29-20-2-1-3-21(13-20)35(23(36)14-25-15-27(30,16-25)17-25)18-24-5-8-26(9-6-24,10-7-24)22-12-19(4-11-34-22)28(31,32)33/h1-4,11-13H,5-10,14-18H2. The number of aromatic nitrogens is 1. The van der Waals surface area contributed by atoms with E-state index in [1.54, 1.807) is 0 Å². The number of rotatable bonds is 6. The Balaban J connectivity index is 1.21. The van der Waals surface area contributed by atoms with Crippen LogP contribution in [0, 0.1) is 10.8 Å². The van der Waals surface area contributed by atoms with Crippen LogP contribution in [-0.4, -0.2) is 23.1 Å². The third-order valence-corrected chi connectivity index (χ3v) is 10.0. The number of nitrogens with zero attached hydrogens (tertiary/aromatic N) is 2. The van der Waals surface area contributed by atoms with E-state index in [2.05, 4.69) is 20.9 Å². The number of anilines is 1. The second kappa shape index (κ2) is 8.02. The largest absolute Gasteiger partial charge is 0.416 e. The molecule has 0 aliphatic heterocycles. The molecule has 8 rings (SSSR count). The minimum absolute atomic E-state index is 0.0474. The number of halogens is 5. The summed E-state index contributed by atoms with van der Waals surface area (Å²) < 4.78 is 55.0. The van der Waals surface area contributed by atoms with Gasteiger partial charge in [0.15, 0.2) is 0 Å². The molecule has 6 aliphatic rings. The number of hydrogen-bond acceptors (Lipinski definition) is 2. The summed E-state index contributed by atoms with van der Waals surface area (Å²) in [6, 6.07) is 10.0. The SMILES string of the molecule is O=C(CC12CC(F)(C1)C2)N(CC12CCC(c3cc(C(F)(F)F)ccn3)(CC1)CC2)c1cccc(Br)c1. The van der Waals surface area contributed by atoms with E-state index in [0.717, 1.165) is 54.8 Å². The minimum Gasteiger partial charge on any atom is -0.312 e. The summed E-state index contributed by atoms with van der Waals surface area (Å²) in [5.74, 6) is 0.0474. The number of hydrogen-bond donors (Lipinski definition) is 0. The highest BCUT2D eigenvalue weighted by Gasteiger charge is 2.69. The fourth-order valence-corrected chi connectivity index (χ4v) is 7.94. The second-order valence-corrected chi connectivity index (χ2v) is 12.9. The van der Waals surface area contributed by atoms with Gasteiger partial charge in [0.25, 0.3) is 0 Å². The molecule has 3 nitrogen and oxygen atoms in total. The van der Waals surface area contributed by atoms with Gasteiger partial charge in [0.1, 0.15) is 5.67 Å². The predicted octanol–water partition coefficient (Wildman–Crippen LogP) is 7.77. The highest BCUT2D eigenvalue weighted by atomic mass is 79.9. The lowest BCUT2D eigenvalue weighted by Crippen LogP contribution is -2.65. The highest BCUT2D eigenvalue weighted by Crippen LogP contribution is 2.71. The summed E-state index contributed by atoms with van der Waals surface area (Å²) >= 11 is 3.52. The van der Waals surface area contributed by atoms with Gasteiger partial charge >= 0.3 is 6.18 Å². The van der Waals surface area contributed by atoms with Crippen LogP contribution in [0.4, 0.5) is 23.2 Å². The van der Waals surface area contributed by atoms with E-state index in [1.807, 2.05) is 29.2 Å². The minimum atomic E-state index is -4.38. The van der Waals surface area contributed by atoms with Crippen molar-refractivity contribution in [3.63, 3.8) is 0 Å². The van der Waals surface area contributed by atoms with Crippen molar-refractivity contribution < 1.29 is 22.4 Å². The summed E-state index contributed by atoms with van der Waals surface area (Å²) in [5.41, 5.74) is -0.845. The van der Waals surface area contributed by atoms with Crippen LogP contribution < -0.4 is 4.90 Å². The molecule has 0 N–H and O–H groups in total. The molecule has 1 amide bonds. The van der Waals surface area contributed by atoms with E-state index < -0.39 is 17.4 Å². The van der Waals surface area contributed by atoms with Gasteiger partial charge in [-0.15, -0.1) is 0 Å². The quantitative estimate of drug-likeness (QED) is 0.336. The van der Waals surface area contributed by atoms with Gasteiger partial charge in [0.2, 0.25) is 5.91 Å². The fraction of sp³-hybridized carbons (Fsp3) is 0.571. The van der Waals surface area contributed by atoms with Gasteiger partial charge in [0.05, 0.1) is 5.56 Å². The Labute approximate surface area is 216 Å². The van der Waals surface area contributed by atoms with Crippen LogP contribution in [-0.2, 0) is 16.4 Å². The molecule has 2 aromatic rings. The lowest BCUT2D eigenvalue weighted by atomic mass is 9.41. The van der Waals surface area contributed by atoms with Crippen molar-refractivity contribution in [1.29, 1.82) is 0 Å². The van der Waals surface area contributed by atoms with Crippen LogP contribution in [0.1, 0.15) is 75.5 Å². The van der Waals surface area contributed by atoms with E-state index in [-0.39, 0.29) is 22.2 Å². The molecule has 6 saturated carbocycles. The first-order chi connectivity index (χ1) is 16.9. The molecule has 0 saturated heterocycles. The monoisotopic (exact) mass is 564 g/mol. The predicted molar refractivity (Wildman–Crippen MR) is 132 cm³/mol. The number of amides is 1. The lowest BCUT2D eigenvalue weighted by molar-refractivity contribution is -0.215. The van der Waals surface area contributed by atoms with E-state index in [0.29, 0.717) is 37.9 Å². The summed E-state index contributed by atoms with van der Waals surface area (Å²) in [6.45, 7) is 0.589. The second-order valence-electron chi connectivity index (χ2n) is 12.0. The van der Waals surface area contributed by atoms with Gasteiger partial charge < -0.3 is 4.90 Å². The van der Waals surface area contributed by atoms with E-state index in [9.17, 15) is 22.4 Å². The molecule has 0 atom stereocenters. The smallest absolute Gasteiger partial charge is 0.312 e. The molecule has 6 aliphatic carbocycles. The van der Waals surface area contributed by atoms with Crippen LogP contribution in [0.2, 0.25) is 0 Å². The molecular weight excluding hydrogens is 536 g/mol. The number of carbonyl (C=O) groups excluding carboxylic acids is 1. The van der Waals surface area contributed by atoms with Gasteiger partial charge in [-0.2, -0.15) is 13.2 Å². The maximum Gasteiger partial charge on any atom is 0.416 e. The van der Waals surface area contributed by atoms with Crippen molar-refractivity contribution in [2.75, 3.05) is 11.4 Å². The van der Waals surface area contributed by atoms with Crippen molar-refractivity contribution in [2.24, 2.45) is 10.8 Å². The zero-order chi connectivity index (χ0) is 25.4. The van der Waals surface area contributed by atoms with Gasteiger partial charge in [-0.05, 0) is 98.9 Å². The summed E-state index contributed by atoms with van der Waals surface area (Å²) in [6.07, 6.45) is 3.63. The molecule has 0 radical (unpaired) electrons. The molecule has 1 aromatic heterocycles. The molecule has 4 bridgehead atoms. The van der Waals surface area contributed by atoms with Gasteiger partial charge in [-0.25, -0.2) is 4.39 Å². The molecule has 8 heteroatoms. The topological polar surface area (TPSA) is 33.2 Å². The Morgan fingerprint density at radius 1 is 0.972 bits per heavy atom. The van der Waals surface area contributed by atoms with E-state index >= 15 is 0 Å². The van der Waals surface area contributed by atoms with Gasteiger partial charge in [-0.1, -0.05) is 22.0 Å². The first kappa shape index (κ1) is 24.4. The molecule has 0 unspecified atom stereocenters. The average molecular weight is 565 g/mol. The summed E-state index contributed by atoms with van der Waals surface area (Å²) in [4.78, 5) is 19.9. The number of pyridine rings is 1. The van der Waals surface area contributed by atoms with Crippen LogP contribution in [0.3, 0.4) is 0 Å². The highest BCUT2D eigenvalue weighted by molar-refractivity contribution is 9.10. The summed E-state index contributed by atoms with van der Waals surface area (Å²) in [7, 11) is 0. The molecular formula is C28H29BrF4N2O. The number of fused-ring (bicyclic) bond motifs is 3. The van der Waals surface area contributed by atoms with Crippen LogP contribution in [0.5, 0.6) is 0 Å². The summed E-state index contributed by atoms with van der Waals surface area (Å²) in [5, 5.41) is 0.